The van der Waals surface area contributed by atoms with E-state index in [9.17, 15) is 18.5 Å². The molecule has 0 spiro atoms. The second-order valence-corrected chi connectivity index (χ2v) is 8.01. The Balaban J connectivity index is 2.03. The number of rotatable bonds is 8. The molecule has 1 saturated heterocycles. The highest BCUT2D eigenvalue weighted by Crippen LogP contribution is 2.34. The summed E-state index contributed by atoms with van der Waals surface area (Å²) < 4.78 is 32.4. The topological polar surface area (TPSA) is 102 Å². The van der Waals surface area contributed by atoms with E-state index in [2.05, 4.69) is 9.62 Å². The third-order valence-electron chi connectivity index (χ3n) is 4.11. The third kappa shape index (κ3) is 5.27. The van der Waals surface area contributed by atoms with Crippen LogP contribution in [0.1, 0.15) is 25.7 Å². The number of nitrogens with one attached hydrogen (secondary N) is 1. The number of nitrogens with zero attached hydrogens (tertiary/aromatic N) is 2. The number of ether oxygens (including phenoxy) is 1. The zero-order valence-corrected chi connectivity index (χ0v) is 15.6. The summed E-state index contributed by atoms with van der Waals surface area (Å²) in [5.41, 5.74) is -0.400. The van der Waals surface area contributed by atoms with Crippen molar-refractivity contribution in [3.05, 3.63) is 27.3 Å². The van der Waals surface area contributed by atoms with Crippen molar-refractivity contribution in [3.8, 4) is 5.75 Å². The van der Waals surface area contributed by atoms with Gasteiger partial charge in [0.2, 0.25) is 10.0 Å². The molecule has 1 aliphatic rings. The average molecular weight is 392 g/mol. The van der Waals surface area contributed by atoms with Gasteiger partial charge in [0.1, 0.15) is 15.7 Å². The van der Waals surface area contributed by atoms with Gasteiger partial charge in [-0.05, 0) is 45.0 Å². The van der Waals surface area contributed by atoms with Crippen molar-refractivity contribution in [2.75, 3.05) is 33.3 Å². The molecule has 0 aromatic heterocycles. The van der Waals surface area contributed by atoms with Gasteiger partial charge in [-0.15, -0.1) is 0 Å². The Hall–Kier alpha value is -1.42. The summed E-state index contributed by atoms with van der Waals surface area (Å²) in [7, 11) is -2.62. The summed E-state index contributed by atoms with van der Waals surface area (Å²) in [6.07, 6.45) is 4.31. The molecule has 0 atom stereocenters. The Morgan fingerprint density at radius 3 is 2.60 bits per heavy atom. The van der Waals surface area contributed by atoms with Gasteiger partial charge in [0.15, 0.2) is 0 Å². The van der Waals surface area contributed by atoms with Crippen LogP contribution in [0, 0.1) is 10.1 Å². The molecule has 0 bridgehead atoms. The number of benzene rings is 1. The Labute approximate surface area is 152 Å². The maximum absolute atomic E-state index is 12.5. The van der Waals surface area contributed by atoms with Crippen LogP contribution in [0.2, 0.25) is 5.02 Å². The van der Waals surface area contributed by atoms with Crippen LogP contribution in [0.15, 0.2) is 17.0 Å². The second-order valence-electron chi connectivity index (χ2n) is 5.87. The Bertz CT molecular complexity index is 720. The van der Waals surface area contributed by atoms with Gasteiger partial charge in [-0.25, -0.2) is 13.1 Å². The predicted octanol–water partition coefficient (Wildman–Crippen LogP) is 2.41. The van der Waals surface area contributed by atoms with Crippen LogP contribution in [0.3, 0.4) is 0 Å². The molecule has 1 N–H and O–H groups in total. The predicted molar refractivity (Wildman–Crippen MR) is 94.8 cm³/mol. The highest BCUT2D eigenvalue weighted by Gasteiger charge is 2.25. The summed E-state index contributed by atoms with van der Waals surface area (Å²) in [4.78, 5) is 12.3. The first-order chi connectivity index (χ1) is 11.8. The molecule has 1 aromatic carbocycles. The van der Waals surface area contributed by atoms with Gasteiger partial charge in [-0.2, -0.15) is 0 Å². The van der Waals surface area contributed by atoms with Gasteiger partial charge in [0, 0.05) is 6.54 Å². The van der Waals surface area contributed by atoms with Gasteiger partial charge in [0.05, 0.1) is 18.1 Å². The lowest BCUT2D eigenvalue weighted by Crippen LogP contribution is -2.33. The minimum Gasteiger partial charge on any atom is -0.495 e. The number of sulfonamides is 1. The number of hydrogen-bond donors (Lipinski definition) is 1. The molecule has 0 saturated carbocycles. The number of nitro benzene ring substituents is 1. The summed E-state index contributed by atoms with van der Waals surface area (Å²) in [6, 6.07) is 2.07. The van der Waals surface area contributed by atoms with Gasteiger partial charge >= 0.3 is 0 Å². The minimum absolute atomic E-state index is 0.111. The van der Waals surface area contributed by atoms with Crippen molar-refractivity contribution in [1.29, 1.82) is 0 Å². The smallest absolute Gasteiger partial charge is 0.291 e. The summed E-state index contributed by atoms with van der Waals surface area (Å²) in [6.45, 7) is 3.22. The number of likely N-dealkylation sites (tertiary alicyclic amines) is 1. The Kier molecular flexibility index (Phi) is 7.00. The normalized spacial score (nSPS) is 15.9. The van der Waals surface area contributed by atoms with E-state index in [1.54, 1.807) is 0 Å². The highest BCUT2D eigenvalue weighted by atomic mass is 35.5. The zero-order chi connectivity index (χ0) is 18.4. The fourth-order valence-electron chi connectivity index (χ4n) is 2.80. The van der Waals surface area contributed by atoms with Crippen molar-refractivity contribution in [2.24, 2.45) is 0 Å². The van der Waals surface area contributed by atoms with Crippen LogP contribution >= 0.6 is 11.6 Å². The molecule has 25 heavy (non-hydrogen) atoms. The average Bonchev–Trinajstić information content (AvgIpc) is 2.59. The van der Waals surface area contributed by atoms with E-state index >= 15 is 0 Å². The first kappa shape index (κ1) is 19.9. The number of methoxy groups -OCH3 is 1. The maximum Gasteiger partial charge on any atom is 0.291 e. The van der Waals surface area contributed by atoms with Crippen LogP contribution in [0.4, 0.5) is 5.69 Å². The van der Waals surface area contributed by atoms with E-state index in [0.717, 1.165) is 31.8 Å². The molecule has 8 nitrogen and oxygen atoms in total. The van der Waals surface area contributed by atoms with Gasteiger partial charge < -0.3 is 9.64 Å². The number of piperidine rings is 1. The number of hydrogen-bond acceptors (Lipinski definition) is 6. The molecule has 1 heterocycles. The lowest BCUT2D eigenvalue weighted by Gasteiger charge is -2.26. The van der Waals surface area contributed by atoms with E-state index < -0.39 is 20.6 Å². The molecule has 0 amide bonds. The molecule has 140 valence electrons. The third-order valence-corrected chi connectivity index (χ3v) is 5.90. The molecule has 0 aliphatic carbocycles. The SMILES string of the molecule is COc1cc([N+](=O)[O-])c(Cl)cc1S(=O)(=O)NCCCN1CCCCC1. The van der Waals surface area contributed by atoms with E-state index in [-0.39, 0.29) is 22.2 Å². The monoisotopic (exact) mass is 391 g/mol. The molecular formula is C15H22ClN3O5S. The summed E-state index contributed by atoms with van der Waals surface area (Å²) in [5, 5.41) is 10.7. The standard InChI is InChI=1S/C15H22ClN3O5S/c1-24-14-11-13(19(20)21)12(16)10-15(14)25(22,23)17-6-5-9-18-7-3-2-4-8-18/h10-11,17H,2-9H2,1H3. The van der Waals surface area contributed by atoms with Crippen molar-refractivity contribution >= 4 is 27.3 Å². The molecule has 10 heteroatoms. The minimum atomic E-state index is -3.87. The van der Waals surface area contributed by atoms with Crippen LogP contribution < -0.4 is 9.46 Å². The molecule has 0 radical (unpaired) electrons. The number of nitro groups is 1. The maximum atomic E-state index is 12.5. The molecule has 1 fully saturated rings. The second kappa shape index (κ2) is 8.79. The van der Waals surface area contributed by atoms with Gasteiger partial charge in [-0.3, -0.25) is 10.1 Å². The number of halogens is 1. The lowest BCUT2D eigenvalue weighted by atomic mass is 10.1. The van der Waals surface area contributed by atoms with Crippen LogP contribution in [-0.2, 0) is 10.0 Å². The molecule has 0 unspecified atom stereocenters. The first-order valence-electron chi connectivity index (χ1n) is 8.09. The first-order valence-corrected chi connectivity index (χ1v) is 9.95. The Morgan fingerprint density at radius 2 is 2.00 bits per heavy atom. The van der Waals surface area contributed by atoms with Gasteiger partial charge in [-0.1, -0.05) is 18.0 Å². The van der Waals surface area contributed by atoms with Gasteiger partial charge in [0.25, 0.3) is 5.69 Å². The van der Waals surface area contributed by atoms with E-state index in [4.69, 9.17) is 16.3 Å². The van der Waals surface area contributed by atoms with Crippen molar-refractivity contribution in [1.82, 2.24) is 9.62 Å². The highest BCUT2D eigenvalue weighted by molar-refractivity contribution is 7.89. The van der Waals surface area contributed by atoms with Crippen LogP contribution in [0.5, 0.6) is 5.75 Å². The Morgan fingerprint density at radius 1 is 1.32 bits per heavy atom. The molecule has 1 aromatic rings. The summed E-state index contributed by atoms with van der Waals surface area (Å²) in [5.74, 6) is -0.111. The molecule has 2 rings (SSSR count). The molecular weight excluding hydrogens is 370 g/mol. The van der Waals surface area contributed by atoms with E-state index in [1.165, 1.54) is 26.4 Å². The van der Waals surface area contributed by atoms with E-state index in [1.807, 2.05) is 0 Å². The van der Waals surface area contributed by atoms with Crippen LogP contribution in [-0.4, -0.2) is 51.5 Å². The van der Waals surface area contributed by atoms with Crippen molar-refractivity contribution in [3.63, 3.8) is 0 Å². The molecule has 1 aliphatic heterocycles. The fraction of sp³-hybridized carbons (Fsp3) is 0.600. The van der Waals surface area contributed by atoms with Crippen molar-refractivity contribution < 1.29 is 18.1 Å². The van der Waals surface area contributed by atoms with E-state index in [0.29, 0.717) is 6.42 Å². The van der Waals surface area contributed by atoms with Crippen molar-refractivity contribution in [2.45, 2.75) is 30.6 Å². The lowest BCUT2D eigenvalue weighted by molar-refractivity contribution is -0.384. The van der Waals surface area contributed by atoms with Crippen LogP contribution in [0.25, 0.3) is 0 Å². The zero-order valence-electron chi connectivity index (χ0n) is 14.0. The largest absolute Gasteiger partial charge is 0.495 e. The summed E-state index contributed by atoms with van der Waals surface area (Å²) >= 11 is 5.83. The fourth-order valence-corrected chi connectivity index (χ4v) is 4.35. The quantitative estimate of drug-likeness (QED) is 0.414.